The van der Waals surface area contributed by atoms with Gasteiger partial charge in [-0.15, -0.1) is 0 Å². The van der Waals surface area contributed by atoms with Gasteiger partial charge in [-0.05, 0) is 147 Å². The van der Waals surface area contributed by atoms with Crippen molar-refractivity contribution in [3.63, 3.8) is 0 Å². The van der Waals surface area contributed by atoms with Gasteiger partial charge in [-0.1, -0.05) is 40.9 Å². The highest BCUT2D eigenvalue weighted by molar-refractivity contribution is 5.71. The summed E-state index contributed by atoms with van der Waals surface area (Å²) in [5.41, 5.74) is 64.9. The number of nitrogens with zero attached hydrogens (tertiary/aromatic N) is 24. The van der Waals surface area contributed by atoms with Crippen LogP contribution in [-0.2, 0) is 114 Å². The van der Waals surface area contributed by atoms with Gasteiger partial charge in [0, 0.05) is 143 Å². The van der Waals surface area contributed by atoms with Crippen LogP contribution in [0.5, 0.6) is 0 Å². The van der Waals surface area contributed by atoms with E-state index in [4.69, 9.17) is 120 Å². The lowest BCUT2D eigenvalue weighted by molar-refractivity contribution is -0.154. The Hall–Kier alpha value is -10.1. The summed E-state index contributed by atoms with van der Waals surface area (Å²) in [6, 6.07) is 0. The molecule has 0 saturated heterocycles. The van der Waals surface area contributed by atoms with E-state index in [1.165, 1.54) is 0 Å². The number of rotatable bonds is 80. The monoisotopic (exact) mass is 1620 g/mol. The molecular formula is C66H112N24O24. The molecule has 0 rings (SSSR count). The topological polar surface area (TPSA) is 674 Å². The highest BCUT2D eigenvalue weighted by Crippen LogP contribution is 2.23. The molecule has 0 amide bonds. The third-order valence-electron chi connectivity index (χ3n) is 14.8. The Balaban J connectivity index is 0. The van der Waals surface area contributed by atoms with Crippen molar-refractivity contribution in [3.05, 3.63) is 83.5 Å². The Morgan fingerprint density at radius 2 is 0.298 bits per heavy atom. The molecule has 48 nitrogen and oxygen atoms in total. The quantitative estimate of drug-likeness (QED) is 0.0136. The molecule has 114 heavy (non-hydrogen) atoms. The van der Waals surface area contributed by atoms with Crippen LogP contribution in [0.15, 0.2) is 40.9 Å². The number of hydrogen-bond donors (Lipinski definition) is 0. The first-order valence-electron chi connectivity index (χ1n) is 37.6. The zero-order chi connectivity index (χ0) is 83.8. The van der Waals surface area contributed by atoms with Crippen LogP contribution in [0, 0.1) is 10.8 Å². The SMILES string of the molecule is [N-]=[N+]=NCCCCC(=O)OCCOCC(COCCOC(=O)CCCCN=[N+]=[N-])(COCCOC(=O)CCCCN=[N+]=[N-])COCCOC(=O)CCCCN=[N+]=[N-].[N-]=[N+]=NCCCCC(=O)OCCOCC(COCCOC(=O)CCCCN=[N+]=[N-])(COCCOC(=O)CCCCN=[N+]=[N-])COCCOC(=O)CCCCN=[N+]=[N-]. The van der Waals surface area contributed by atoms with Crippen molar-refractivity contribution in [3.8, 4) is 0 Å². The van der Waals surface area contributed by atoms with Gasteiger partial charge in [0.05, 0.1) is 117 Å². The Morgan fingerprint density at radius 1 is 0.184 bits per heavy atom. The first-order chi connectivity index (χ1) is 55.6. The van der Waals surface area contributed by atoms with E-state index in [0.29, 0.717) is 103 Å². The maximum absolute atomic E-state index is 12.1. The molecule has 0 spiro atoms. The fourth-order valence-corrected chi connectivity index (χ4v) is 9.07. The van der Waals surface area contributed by atoms with Gasteiger partial charge in [-0.3, -0.25) is 38.4 Å². The number of unbranched alkanes of at least 4 members (excludes halogenated alkanes) is 8. The molecule has 0 N–H and O–H groups in total. The van der Waals surface area contributed by atoms with Crippen LogP contribution in [0.4, 0.5) is 0 Å². The second-order valence-corrected chi connectivity index (χ2v) is 24.5. The van der Waals surface area contributed by atoms with E-state index in [2.05, 4.69) is 80.2 Å². The number of carbonyl (C=O) groups is 8. The number of hydrogen-bond acceptors (Lipinski definition) is 32. The average molecular weight is 1630 g/mol. The lowest BCUT2D eigenvalue weighted by Gasteiger charge is -2.33. The normalized spacial score (nSPS) is 11.4. The Kier molecular flexibility index (Phi) is 76.6. The lowest BCUT2D eigenvalue weighted by atomic mass is 9.92. The van der Waals surface area contributed by atoms with Crippen LogP contribution >= 0.6 is 0 Å². The second-order valence-electron chi connectivity index (χ2n) is 24.5. The molecule has 0 bridgehead atoms. The van der Waals surface area contributed by atoms with Crippen LogP contribution in [0.3, 0.4) is 0 Å². The van der Waals surface area contributed by atoms with Crippen LogP contribution in [0.1, 0.15) is 154 Å². The highest BCUT2D eigenvalue weighted by Gasteiger charge is 2.34. The molecule has 640 valence electrons. The molecule has 0 fully saturated rings. The van der Waals surface area contributed by atoms with Crippen molar-refractivity contribution >= 4 is 47.8 Å². The third-order valence-corrected chi connectivity index (χ3v) is 14.8. The van der Waals surface area contributed by atoms with Gasteiger partial charge in [0.25, 0.3) is 0 Å². The minimum atomic E-state index is -0.979. The van der Waals surface area contributed by atoms with Gasteiger partial charge >= 0.3 is 47.8 Å². The van der Waals surface area contributed by atoms with Gasteiger partial charge < -0.3 is 75.8 Å². The summed E-state index contributed by atoms with van der Waals surface area (Å²) in [7, 11) is 0. The maximum Gasteiger partial charge on any atom is 0.305 e. The Bertz CT molecular complexity index is 2440. The lowest BCUT2D eigenvalue weighted by Crippen LogP contribution is -2.43. The molecule has 48 heteroatoms. The van der Waals surface area contributed by atoms with Crippen molar-refractivity contribution in [2.45, 2.75) is 154 Å². The second kappa shape index (κ2) is 82.4. The predicted octanol–water partition coefficient (Wildman–Crippen LogP) is 12.3. The Labute approximate surface area is 660 Å². The standard InChI is InChI=1S/2C33H56N12O12/c2*34-42-38-13-5-1-9-29(46)54-21-17-50-25-33(26-51-18-22-55-30(47)10-2-6-14-39-43-35,27-52-19-23-56-31(48)11-3-7-15-40-44-36)28-53-20-24-57-32(49)12-4-8-16-41-45-37/h2*1-28H2. The van der Waals surface area contributed by atoms with Crippen molar-refractivity contribution in [1.82, 2.24) is 0 Å². The fraction of sp³-hybridized carbons (Fsp3) is 0.879. The van der Waals surface area contributed by atoms with Gasteiger partial charge in [-0.25, -0.2) is 0 Å². The zero-order valence-corrected chi connectivity index (χ0v) is 65.1. The summed E-state index contributed by atoms with van der Waals surface area (Å²) >= 11 is 0. The van der Waals surface area contributed by atoms with Crippen molar-refractivity contribution in [2.24, 2.45) is 51.7 Å². The minimum absolute atomic E-state index is 0.00237. The average Bonchev–Trinajstić information content (AvgIpc) is 0.874. The molecule has 0 aliphatic rings. The smallest absolute Gasteiger partial charge is 0.305 e. The first kappa shape index (κ1) is 106. The van der Waals surface area contributed by atoms with E-state index in [0.717, 1.165) is 0 Å². The number of ether oxygens (including phenoxy) is 16. The number of esters is 8. The van der Waals surface area contributed by atoms with Crippen LogP contribution in [0.2, 0.25) is 0 Å². The third kappa shape index (κ3) is 74.7. The van der Waals surface area contributed by atoms with Crippen molar-refractivity contribution in [2.75, 3.05) is 211 Å². The molecule has 0 aliphatic heterocycles. The molecule has 0 aliphatic carbocycles. The van der Waals surface area contributed by atoms with E-state index in [1.54, 1.807) is 0 Å². The molecule has 0 aromatic rings. The molecule has 0 aromatic heterocycles. The van der Waals surface area contributed by atoms with Crippen molar-refractivity contribution < 1.29 is 114 Å². The van der Waals surface area contributed by atoms with Gasteiger partial charge in [-0.2, -0.15) is 0 Å². The first-order valence-corrected chi connectivity index (χ1v) is 37.6. The van der Waals surface area contributed by atoms with Crippen molar-refractivity contribution in [1.29, 1.82) is 0 Å². The summed E-state index contributed by atoms with van der Waals surface area (Å²) in [5, 5.41) is 27.4. The molecule has 0 unspecified atom stereocenters. The van der Waals surface area contributed by atoms with Crippen LogP contribution in [-0.4, -0.2) is 259 Å². The van der Waals surface area contributed by atoms with Gasteiger partial charge in [0.2, 0.25) is 0 Å². The maximum atomic E-state index is 12.1. The minimum Gasteiger partial charge on any atom is -0.463 e. The van der Waals surface area contributed by atoms with E-state index in [1.807, 2.05) is 0 Å². The van der Waals surface area contributed by atoms with E-state index >= 15 is 0 Å². The summed E-state index contributed by atoms with van der Waals surface area (Å²) < 4.78 is 89.1. The number of carbonyl (C=O) groups excluding carboxylic acids is 8. The van der Waals surface area contributed by atoms with Gasteiger partial charge in [0.15, 0.2) is 0 Å². The van der Waals surface area contributed by atoms with Gasteiger partial charge in [0.1, 0.15) is 52.9 Å². The van der Waals surface area contributed by atoms with E-state index in [-0.39, 0.29) is 262 Å². The predicted molar refractivity (Wildman–Crippen MR) is 402 cm³/mol. The van der Waals surface area contributed by atoms with E-state index < -0.39 is 58.6 Å². The summed E-state index contributed by atoms with van der Waals surface area (Å²) in [6.07, 6.45) is 9.62. The molecule has 0 aromatic carbocycles. The molecule has 0 heterocycles. The summed E-state index contributed by atoms with van der Waals surface area (Å²) in [5.74, 6) is -3.43. The summed E-state index contributed by atoms with van der Waals surface area (Å²) in [6.45, 7) is 2.18. The largest absolute Gasteiger partial charge is 0.463 e. The van der Waals surface area contributed by atoms with Crippen LogP contribution < -0.4 is 0 Å². The zero-order valence-electron chi connectivity index (χ0n) is 65.1. The Morgan fingerprint density at radius 3 is 0.404 bits per heavy atom. The fourth-order valence-electron chi connectivity index (χ4n) is 9.07. The summed E-state index contributed by atoms with van der Waals surface area (Å²) in [4.78, 5) is 118. The number of azide groups is 8. The van der Waals surface area contributed by atoms with E-state index in [9.17, 15) is 38.4 Å². The highest BCUT2D eigenvalue weighted by atomic mass is 16.6. The molecule has 0 atom stereocenters. The van der Waals surface area contributed by atoms with Crippen LogP contribution in [0.25, 0.3) is 83.5 Å². The molecule has 0 saturated carbocycles. The molecular weight excluding hydrogens is 1510 g/mol. The molecule has 0 radical (unpaired) electrons.